The number of aromatic nitrogens is 2. The Morgan fingerprint density at radius 2 is 2.29 bits per heavy atom. The van der Waals surface area contributed by atoms with Gasteiger partial charge in [-0.05, 0) is 19.1 Å². The van der Waals surface area contributed by atoms with Gasteiger partial charge in [0.1, 0.15) is 5.65 Å². The Morgan fingerprint density at radius 3 is 3.06 bits per heavy atom. The zero-order valence-electron chi connectivity index (χ0n) is 10.1. The molecule has 1 N–H and O–H groups in total. The predicted octanol–water partition coefficient (Wildman–Crippen LogP) is 1.11. The van der Waals surface area contributed by atoms with Crippen LogP contribution in [0.2, 0.25) is 0 Å². The molecule has 0 aliphatic rings. The summed E-state index contributed by atoms with van der Waals surface area (Å²) in [6.45, 7) is 3.54. The maximum Gasteiger partial charge on any atom is 0.137 e. The van der Waals surface area contributed by atoms with Crippen molar-refractivity contribution in [1.29, 1.82) is 0 Å². The second-order valence-electron chi connectivity index (χ2n) is 4.03. The molecule has 17 heavy (non-hydrogen) atoms. The number of nitrogens with zero attached hydrogens (tertiary/aromatic N) is 2. The minimum absolute atomic E-state index is 0.690. The van der Waals surface area contributed by atoms with Gasteiger partial charge in [0, 0.05) is 42.1 Å². The van der Waals surface area contributed by atoms with Crippen molar-refractivity contribution in [2.45, 2.75) is 13.5 Å². The van der Waals surface area contributed by atoms with Crippen LogP contribution in [0.25, 0.3) is 5.65 Å². The number of hydrogen-bond acceptors (Lipinski definition) is 3. The van der Waals surface area contributed by atoms with E-state index in [1.54, 1.807) is 6.26 Å². The number of fused-ring (bicyclic) bond motifs is 1. The lowest BCUT2D eigenvalue weighted by atomic mass is 10.3. The van der Waals surface area contributed by atoms with Crippen LogP contribution in [0.1, 0.15) is 11.4 Å². The maximum absolute atomic E-state index is 10.9. The summed E-state index contributed by atoms with van der Waals surface area (Å²) in [6.07, 6.45) is 3.74. The molecular weight excluding hydrogens is 234 g/mol. The van der Waals surface area contributed by atoms with Crippen LogP contribution < -0.4 is 5.32 Å². The maximum atomic E-state index is 10.9. The van der Waals surface area contributed by atoms with E-state index < -0.39 is 10.8 Å². The van der Waals surface area contributed by atoms with Crippen LogP contribution in [0.15, 0.2) is 24.4 Å². The quantitative estimate of drug-likeness (QED) is 0.810. The van der Waals surface area contributed by atoms with Gasteiger partial charge >= 0.3 is 0 Å². The Kier molecular flexibility index (Phi) is 3.91. The van der Waals surface area contributed by atoms with E-state index in [0.717, 1.165) is 24.4 Å². The predicted molar refractivity (Wildman–Crippen MR) is 70.6 cm³/mol. The fourth-order valence-electron chi connectivity index (χ4n) is 1.80. The first-order valence-corrected chi connectivity index (χ1v) is 7.34. The topological polar surface area (TPSA) is 46.4 Å². The highest BCUT2D eigenvalue weighted by Gasteiger charge is 2.06. The van der Waals surface area contributed by atoms with Crippen molar-refractivity contribution in [2.75, 3.05) is 18.6 Å². The summed E-state index contributed by atoms with van der Waals surface area (Å²) in [5.74, 6) is 0.690. The molecule has 2 aromatic heterocycles. The molecule has 0 aliphatic heterocycles. The van der Waals surface area contributed by atoms with Crippen LogP contribution in [-0.2, 0) is 17.3 Å². The van der Waals surface area contributed by atoms with Gasteiger partial charge in [-0.15, -0.1) is 0 Å². The summed E-state index contributed by atoms with van der Waals surface area (Å²) in [5.41, 5.74) is 3.18. The fraction of sp³-hybridized carbons (Fsp3) is 0.417. The van der Waals surface area contributed by atoms with Gasteiger partial charge in [0.05, 0.1) is 11.4 Å². The summed E-state index contributed by atoms with van der Waals surface area (Å²) in [6, 6.07) is 5.98. The van der Waals surface area contributed by atoms with E-state index in [9.17, 15) is 4.21 Å². The second-order valence-corrected chi connectivity index (χ2v) is 5.58. The molecule has 0 aromatic carbocycles. The van der Waals surface area contributed by atoms with Crippen molar-refractivity contribution in [3.8, 4) is 0 Å². The molecule has 0 spiro atoms. The number of pyridine rings is 1. The first-order valence-electron chi connectivity index (χ1n) is 5.62. The lowest BCUT2D eigenvalue weighted by molar-refractivity contribution is 0.672. The zero-order valence-corrected chi connectivity index (χ0v) is 11.0. The van der Waals surface area contributed by atoms with Crippen molar-refractivity contribution < 1.29 is 4.21 Å². The summed E-state index contributed by atoms with van der Waals surface area (Å²) in [7, 11) is -0.731. The largest absolute Gasteiger partial charge is 0.310 e. The van der Waals surface area contributed by atoms with Gasteiger partial charge in [0.15, 0.2) is 0 Å². The van der Waals surface area contributed by atoms with Gasteiger partial charge in [0.2, 0.25) is 0 Å². The monoisotopic (exact) mass is 251 g/mol. The van der Waals surface area contributed by atoms with E-state index in [1.807, 2.05) is 31.3 Å². The SMILES string of the molecule is Cc1nc2ccccn2c1CNCCS(C)=O. The van der Waals surface area contributed by atoms with Crippen LogP contribution in [0.5, 0.6) is 0 Å². The summed E-state index contributed by atoms with van der Waals surface area (Å²) >= 11 is 0. The summed E-state index contributed by atoms with van der Waals surface area (Å²) in [5, 5.41) is 3.30. The number of imidazole rings is 1. The lowest BCUT2D eigenvalue weighted by Crippen LogP contribution is -2.20. The fourth-order valence-corrected chi connectivity index (χ4v) is 2.23. The molecule has 0 radical (unpaired) electrons. The first kappa shape index (κ1) is 12.3. The van der Waals surface area contributed by atoms with E-state index in [-0.39, 0.29) is 0 Å². The molecule has 1 atom stereocenters. The van der Waals surface area contributed by atoms with Gasteiger partial charge in [-0.2, -0.15) is 0 Å². The Bertz CT molecular complexity index is 536. The molecule has 2 aromatic rings. The third-order valence-electron chi connectivity index (χ3n) is 2.69. The summed E-state index contributed by atoms with van der Waals surface area (Å²) < 4.78 is 13.0. The molecule has 0 saturated heterocycles. The minimum atomic E-state index is -0.731. The molecule has 0 aliphatic carbocycles. The highest BCUT2D eigenvalue weighted by atomic mass is 32.2. The Balaban J connectivity index is 2.07. The summed E-state index contributed by atoms with van der Waals surface area (Å²) in [4.78, 5) is 4.49. The molecule has 4 nitrogen and oxygen atoms in total. The standard InChI is InChI=1S/C12H17N3OS/c1-10-11(9-13-6-8-17(2)16)15-7-4-3-5-12(15)14-10/h3-5,7,13H,6,8-9H2,1-2H3. The molecular formula is C12H17N3OS. The molecule has 0 amide bonds. The number of rotatable bonds is 5. The van der Waals surface area contributed by atoms with Crippen LogP contribution in [0.3, 0.4) is 0 Å². The second kappa shape index (κ2) is 5.42. The molecule has 92 valence electrons. The Hall–Kier alpha value is -1.20. The van der Waals surface area contributed by atoms with E-state index in [4.69, 9.17) is 0 Å². The van der Waals surface area contributed by atoms with Crippen molar-refractivity contribution in [3.05, 3.63) is 35.8 Å². The normalized spacial score (nSPS) is 13.1. The van der Waals surface area contributed by atoms with Gasteiger partial charge < -0.3 is 9.72 Å². The van der Waals surface area contributed by atoms with Crippen molar-refractivity contribution in [1.82, 2.24) is 14.7 Å². The minimum Gasteiger partial charge on any atom is -0.310 e. The van der Waals surface area contributed by atoms with Crippen LogP contribution >= 0.6 is 0 Å². The van der Waals surface area contributed by atoms with Crippen LogP contribution in [0.4, 0.5) is 0 Å². The van der Waals surface area contributed by atoms with Gasteiger partial charge in [-0.1, -0.05) is 6.07 Å². The molecule has 0 bridgehead atoms. The molecule has 1 unspecified atom stereocenters. The zero-order chi connectivity index (χ0) is 12.3. The van der Waals surface area contributed by atoms with Crippen LogP contribution in [-0.4, -0.2) is 32.1 Å². The number of aryl methyl sites for hydroxylation is 1. The van der Waals surface area contributed by atoms with E-state index in [0.29, 0.717) is 5.75 Å². The number of nitrogens with one attached hydrogen (secondary N) is 1. The third-order valence-corrected chi connectivity index (χ3v) is 3.47. The third kappa shape index (κ3) is 2.92. The first-order chi connectivity index (χ1) is 8.18. The van der Waals surface area contributed by atoms with Crippen molar-refractivity contribution in [3.63, 3.8) is 0 Å². The Labute approximate surface area is 104 Å². The average molecular weight is 251 g/mol. The molecule has 2 rings (SSSR count). The van der Waals surface area contributed by atoms with E-state index in [2.05, 4.69) is 14.7 Å². The lowest BCUT2D eigenvalue weighted by Gasteiger charge is -2.04. The van der Waals surface area contributed by atoms with Gasteiger partial charge in [-0.3, -0.25) is 4.21 Å². The van der Waals surface area contributed by atoms with Gasteiger partial charge in [0.25, 0.3) is 0 Å². The molecule has 5 heteroatoms. The molecule has 0 saturated carbocycles. The van der Waals surface area contributed by atoms with Crippen LogP contribution in [0, 0.1) is 6.92 Å². The highest BCUT2D eigenvalue weighted by Crippen LogP contribution is 2.10. The number of hydrogen-bond donors (Lipinski definition) is 1. The molecule has 2 heterocycles. The smallest absolute Gasteiger partial charge is 0.137 e. The molecule has 0 fully saturated rings. The average Bonchev–Trinajstić information content (AvgIpc) is 2.60. The van der Waals surface area contributed by atoms with E-state index in [1.165, 1.54) is 5.69 Å². The van der Waals surface area contributed by atoms with Crippen molar-refractivity contribution >= 4 is 16.4 Å². The van der Waals surface area contributed by atoms with Crippen molar-refractivity contribution in [2.24, 2.45) is 0 Å². The Morgan fingerprint density at radius 1 is 1.47 bits per heavy atom. The van der Waals surface area contributed by atoms with E-state index >= 15 is 0 Å². The van der Waals surface area contributed by atoms with Gasteiger partial charge in [-0.25, -0.2) is 4.98 Å². The highest BCUT2D eigenvalue weighted by molar-refractivity contribution is 7.84.